The van der Waals surface area contributed by atoms with Gasteiger partial charge in [0.05, 0.1) is 6.04 Å². The van der Waals surface area contributed by atoms with Crippen molar-refractivity contribution in [1.82, 2.24) is 10.6 Å². The standard InChI is InChI=1S/C17H19N3/c1-3-7-14(8-4-1)13-19-17-18-12-11-16(20-17)15-9-5-2-6-10-15/h1-10,16H,11-13H2,(H2,18,19,20). The van der Waals surface area contributed by atoms with Gasteiger partial charge in [-0.25, -0.2) is 0 Å². The topological polar surface area (TPSA) is 36.4 Å². The third kappa shape index (κ3) is 3.18. The minimum Gasteiger partial charge on any atom is -0.352 e. The van der Waals surface area contributed by atoms with Crippen molar-refractivity contribution in [1.29, 1.82) is 0 Å². The highest BCUT2D eigenvalue weighted by atomic mass is 15.2. The van der Waals surface area contributed by atoms with E-state index in [4.69, 9.17) is 0 Å². The molecule has 1 atom stereocenters. The van der Waals surface area contributed by atoms with Gasteiger partial charge >= 0.3 is 0 Å². The fourth-order valence-electron chi connectivity index (χ4n) is 2.41. The highest BCUT2D eigenvalue weighted by molar-refractivity contribution is 5.80. The number of hydrogen-bond acceptors (Lipinski definition) is 3. The normalized spacial score (nSPS) is 18.0. The number of guanidine groups is 1. The van der Waals surface area contributed by atoms with Gasteiger partial charge in [0.2, 0.25) is 0 Å². The third-order valence-corrected chi connectivity index (χ3v) is 3.50. The number of nitrogens with zero attached hydrogens (tertiary/aromatic N) is 1. The maximum absolute atomic E-state index is 4.51. The van der Waals surface area contributed by atoms with E-state index in [9.17, 15) is 0 Å². The van der Waals surface area contributed by atoms with Crippen LogP contribution < -0.4 is 10.6 Å². The fraction of sp³-hybridized carbons (Fsp3) is 0.235. The average Bonchev–Trinajstić information content (AvgIpc) is 2.55. The molecule has 102 valence electrons. The van der Waals surface area contributed by atoms with Crippen molar-refractivity contribution in [3.05, 3.63) is 71.8 Å². The zero-order chi connectivity index (χ0) is 13.6. The second kappa shape index (κ2) is 6.24. The Hall–Kier alpha value is -2.29. The first-order chi connectivity index (χ1) is 9.92. The number of rotatable bonds is 3. The molecule has 0 aromatic heterocycles. The zero-order valence-electron chi connectivity index (χ0n) is 11.4. The Kier molecular flexibility index (Phi) is 3.97. The monoisotopic (exact) mass is 265 g/mol. The molecular weight excluding hydrogens is 246 g/mol. The third-order valence-electron chi connectivity index (χ3n) is 3.50. The summed E-state index contributed by atoms with van der Waals surface area (Å²) >= 11 is 0. The molecule has 0 radical (unpaired) electrons. The van der Waals surface area contributed by atoms with E-state index in [1.54, 1.807) is 0 Å². The number of hydrogen-bond donors (Lipinski definition) is 2. The molecule has 2 N–H and O–H groups in total. The number of benzene rings is 2. The van der Waals surface area contributed by atoms with Crippen molar-refractivity contribution >= 4 is 5.96 Å². The fourth-order valence-corrected chi connectivity index (χ4v) is 2.41. The van der Waals surface area contributed by atoms with Crippen molar-refractivity contribution in [3.63, 3.8) is 0 Å². The minimum atomic E-state index is 0.354. The second-order valence-corrected chi connectivity index (χ2v) is 4.97. The Labute approximate surface area is 119 Å². The van der Waals surface area contributed by atoms with E-state index in [2.05, 4.69) is 70.2 Å². The maximum Gasteiger partial charge on any atom is 0.192 e. The summed E-state index contributed by atoms with van der Waals surface area (Å²) in [4.78, 5) is 4.51. The van der Waals surface area contributed by atoms with E-state index in [1.165, 1.54) is 11.1 Å². The van der Waals surface area contributed by atoms with Gasteiger partial charge in [-0.3, -0.25) is 4.99 Å². The van der Waals surface area contributed by atoms with Crippen molar-refractivity contribution in [2.24, 2.45) is 4.99 Å². The molecule has 3 nitrogen and oxygen atoms in total. The highest BCUT2D eigenvalue weighted by Gasteiger charge is 2.16. The van der Waals surface area contributed by atoms with E-state index < -0.39 is 0 Å². The maximum atomic E-state index is 4.51. The molecule has 0 amide bonds. The van der Waals surface area contributed by atoms with Gasteiger partial charge in [-0.2, -0.15) is 0 Å². The van der Waals surface area contributed by atoms with Crippen molar-refractivity contribution in [2.45, 2.75) is 19.0 Å². The predicted octanol–water partition coefficient (Wildman–Crippen LogP) is 2.87. The van der Waals surface area contributed by atoms with Crippen LogP contribution in [0.15, 0.2) is 65.7 Å². The molecule has 20 heavy (non-hydrogen) atoms. The van der Waals surface area contributed by atoms with Gasteiger partial charge < -0.3 is 10.6 Å². The summed E-state index contributed by atoms with van der Waals surface area (Å²) in [5.74, 6) is 0.897. The Bertz CT molecular complexity index is 563. The molecular formula is C17H19N3. The smallest absolute Gasteiger partial charge is 0.192 e. The first-order valence-corrected chi connectivity index (χ1v) is 7.05. The molecule has 0 spiro atoms. The van der Waals surface area contributed by atoms with Crippen LogP contribution in [0.25, 0.3) is 0 Å². The largest absolute Gasteiger partial charge is 0.352 e. The van der Waals surface area contributed by atoms with E-state index in [0.717, 1.165) is 25.5 Å². The van der Waals surface area contributed by atoms with Crippen LogP contribution in [-0.2, 0) is 6.54 Å². The molecule has 1 unspecified atom stereocenters. The molecule has 0 saturated heterocycles. The van der Waals surface area contributed by atoms with Crippen LogP contribution in [0.2, 0.25) is 0 Å². The van der Waals surface area contributed by atoms with Crippen LogP contribution in [0, 0.1) is 0 Å². The lowest BCUT2D eigenvalue weighted by Crippen LogP contribution is -2.42. The zero-order valence-corrected chi connectivity index (χ0v) is 11.4. The molecule has 3 heteroatoms. The average molecular weight is 265 g/mol. The van der Waals surface area contributed by atoms with Crippen LogP contribution >= 0.6 is 0 Å². The van der Waals surface area contributed by atoms with Crippen LogP contribution in [0.3, 0.4) is 0 Å². The first kappa shape index (κ1) is 12.7. The van der Waals surface area contributed by atoms with Crippen LogP contribution in [0.5, 0.6) is 0 Å². The molecule has 1 aliphatic heterocycles. The van der Waals surface area contributed by atoms with Crippen LogP contribution in [-0.4, -0.2) is 12.5 Å². The lowest BCUT2D eigenvalue weighted by Gasteiger charge is -2.25. The summed E-state index contributed by atoms with van der Waals surface area (Å²) in [6, 6.07) is 21.3. The van der Waals surface area contributed by atoms with E-state index >= 15 is 0 Å². The summed E-state index contributed by atoms with van der Waals surface area (Å²) in [6.07, 6.45) is 1.04. The molecule has 1 heterocycles. The molecule has 3 rings (SSSR count). The second-order valence-electron chi connectivity index (χ2n) is 4.97. The van der Waals surface area contributed by atoms with Crippen molar-refractivity contribution < 1.29 is 0 Å². The van der Waals surface area contributed by atoms with Crippen LogP contribution in [0.1, 0.15) is 23.6 Å². The van der Waals surface area contributed by atoms with Gasteiger partial charge in [0.25, 0.3) is 0 Å². The van der Waals surface area contributed by atoms with E-state index in [1.807, 2.05) is 6.07 Å². The Morgan fingerprint density at radius 2 is 1.70 bits per heavy atom. The Morgan fingerprint density at radius 3 is 2.45 bits per heavy atom. The minimum absolute atomic E-state index is 0.354. The molecule has 0 bridgehead atoms. The molecule has 1 aliphatic rings. The van der Waals surface area contributed by atoms with Gasteiger partial charge in [-0.05, 0) is 17.5 Å². The summed E-state index contributed by atoms with van der Waals surface area (Å²) in [6.45, 7) is 1.66. The summed E-state index contributed by atoms with van der Waals surface area (Å²) in [7, 11) is 0. The van der Waals surface area contributed by atoms with Gasteiger partial charge in [-0.15, -0.1) is 0 Å². The van der Waals surface area contributed by atoms with E-state index in [-0.39, 0.29) is 0 Å². The summed E-state index contributed by atoms with van der Waals surface area (Å²) in [5, 5.41) is 6.86. The number of aliphatic imine (C=N–C) groups is 1. The van der Waals surface area contributed by atoms with Gasteiger partial charge in [0.15, 0.2) is 5.96 Å². The highest BCUT2D eigenvalue weighted by Crippen LogP contribution is 2.18. The SMILES string of the molecule is c1ccc(CNC2=NCCC(c3ccccc3)N2)cc1. The van der Waals surface area contributed by atoms with Gasteiger partial charge in [0.1, 0.15) is 0 Å². The number of nitrogens with one attached hydrogen (secondary N) is 2. The lowest BCUT2D eigenvalue weighted by atomic mass is 10.0. The summed E-state index contributed by atoms with van der Waals surface area (Å²) in [5.41, 5.74) is 2.58. The lowest BCUT2D eigenvalue weighted by molar-refractivity contribution is 0.555. The Morgan fingerprint density at radius 1 is 1.00 bits per heavy atom. The molecule has 2 aromatic carbocycles. The molecule has 0 saturated carbocycles. The van der Waals surface area contributed by atoms with Crippen molar-refractivity contribution in [2.75, 3.05) is 6.54 Å². The quantitative estimate of drug-likeness (QED) is 0.895. The summed E-state index contributed by atoms with van der Waals surface area (Å²) < 4.78 is 0. The van der Waals surface area contributed by atoms with Crippen LogP contribution in [0.4, 0.5) is 0 Å². The predicted molar refractivity (Wildman–Crippen MR) is 82.5 cm³/mol. The molecule has 0 aliphatic carbocycles. The van der Waals surface area contributed by atoms with Gasteiger partial charge in [-0.1, -0.05) is 60.7 Å². The first-order valence-electron chi connectivity index (χ1n) is 7.05. The Balaban J connectivity index is 1.60. The van der Waals surface area contributed by atoms with E-state index in [0.29, 0.717) is 6.04 Å². The van der Waals surface area contributed by atoms with Gasteiger partial charge in [0, 0.05) is 13.1 Å². The molecule has 0 fully saturated rings. The molecule has 2 aromatic rings. The van der Waals surface area contributed by atoms with Crippen molar-refractivity contribution in [3.8, 4) is 0 Å².